The molecule has 0 atom stereocenters. The van der Waals surface area contributed by atoms with E-state index in [9.17, 15) is 0 Å². The van der Waals surface area contributed by atoms with E-state index in [0.29, 0.717) is 6.54 Å². The van der Waals surface area contributed by atoms with Crippen LogP contribution in [-0.2, 0) is 13.1 Å². The van der Waals surface area contributed by atoms with Gasteiger partial charge in [0.25, 0.3) is 0 Å². The van der Waals surface area contributed by atoms with Crippen LogP contribution in [0.4, 0.5) is 0 Å². The molecule has 1 aromatic heterocycles. The highest BCUT2D eigenvalue weighted by atomic mass is 15.4. The average Bonchev–Trinajstić information content (AvgIpc) is 2.82. The summed E-state index contributed by atoms with van der Waals surface area (Å²) in [6.45, 7) is 9.44. The van der Waals surface area contributed by atoms with Crippen LogP contribution in [0.1, 0.15) is 26.0 Å². The van der Waals surface area contributed by atoms with Crippen molar-refractivity contribution in [3.8, 4) is 12.3 Å². The van der Waals surface area contributed by atoms with E-state index < -0.39 is 0 Å². The van der Waals surface area contributed by atoms with Gasteiger partial charge in [0.05, 0.1) is 18.8 Å². The minimum absolute atomic E-state index is 0.701. The summed E-state index contributed by atoms with van der Waals surface area (Å²) in [5, 5.41) is 11.5. The van der Waals surface area contributed by atoms with Gasteiger partial charge in [-0.2, -0.15) is 0 Å². The fourth-order valence-corrected chi connectivity index (χ4v) is 1.74. The fourth-order valence-electron chi connectivity index (χ4n) is 1.74. The van der Waals surface area contributed by atoms with Crippen molar-refractivity contribution < 1.29 is 0 Å². The van der Waals surface area contributed by atoms with E-state index in [-0.39, 0.29) is 0 Å². The van der Waals surface area contributed by atoms with Gasteiger partial charge in [-0.1, -0.05) is 25.0 Å². The van der Waals surface area contributed by atoms with Gasteiger partial charge in [0.15, 0.2) is 0 Å². The maximum atomic E-state index is 5.35. The smallest absolute Gasteiger partial charge is 0.0964 e. The summed E-state index contributed by atoms with van der Waals surface area (Å²) in [7, 11) is 0. The zero-order chi connectivity index (χ0) is 13.2. The normalized spacial score (nSPS) is 10.8. The SMILES string of the molecule is C#CCN(CCC)CCn1cc(CNCC)nn1. The van der Waals surface area contributed by atoms with Crippen LogP contribution in [0.15, 0.2) is 6.20 Å². The Bertz CT molecular complexity index is 366. The van der Waals surface area contributed by atoms with E-state index in [0.717, 1.165) is 44.8 Å². The van der Waals surface area contributed by atoms with Crippen LogP contribution < -0.4 is 5.32 Å². The number of hydrogen-bond donors (Lipinski definition) is 1. The molecule has 0 saturated carbocycles. The summed E-state index contributed by atoms with van der Waals surface area (Å²) in [6.07, 6.45) is 8.46. The van der Waals surface area contributed by atoms with Gasteiger partial charge in [-0.25, -0.2) is 0 Å². The quantitative estimate of drug-likeness (QED) is 0.656. The highest BCUT2D eigenvalue weighted by molar-refractivity contribution is 4.92. The number of nitrogens with one attached hydrogen (secondary N) is 1. The monoisotopic (exact) mass is 249 g/mol. The van der Waals surface area contributed by atoms with Crippen molar-refractivity contribution in [1.29, 1.82) is 0 Å². The molecular weight excluding hydrogens is 226 g/mol. The summed E-state index contributed by atoms with van der Waals surface area (Å²) in [6, 6.07) is 0. The second kappa shape index (κ2) is 8.67. The Morgan fingerprint density at radius 1 is 1.44 bits per heavy atom. The van der Waals surface area contributed by atoms with Crippen molar-refractivity contribution in [3.63, 3.8) is 0 Å². The summed E-state index contributed by atoms with van der Waals surface area (Å²) < 4.78 is 1.88. The van der Waals surface area contributed by atoms with E-state index in [1.165, 1.54) is 0 Å². The third-order valence-corrected chi connectivity index (χ3v) is 2.64. The molecule has 0 amide bonds. The first kappa shape index (κ1) is 14.7. The van der Waals surface area contributed by atoms with Crippen LogP contribution in [0.2, 0.25) is 0 Å². The standard InChI is InChI=1S/C13H23N5/c1-4-7-17(8-5-2)9-10-18-12-13(15-16-18)11-14-6-3/h1,12,14H,5-11H2,2-3H3. The molecule has 0 spiro atoms. The van der Waals surface area contributed by atoms with Gasteiger partial charge in [0, 0.05) is 19.3 Å². The summed E-state index contributed by atoms with van der Waals surface area (Å²) >= 11 is 0. The van der Waals surface area contributed by atoms with Gasteiger partial charge in [-0.15, -0.1) is 11.5 Å². The van der Waals surface area contributed by atoms with E-state index >= 15 is 0 Å². The Labute approximate surface area is 110 Å². The third-order valence-electron chi connectivity index (χ3n) is 2.64. The molecule has 1 rings (SSSR count). The number of rotatable bonds is 9. The first-order valence-electron chi connectivity index (χ1n) is 6.55. The molecular formula is C13H23N5. The second-order valence-electron chi connectivity index (χ2n) is 4.23. The van der Waals surface area contributed by atoms with E-state index in [4.69, 9.17) is 6.42 Å². The summed E-state index contributed by atoms with van der Waals surface area (Å²) in [4.78, 5) is 2.26. The lowest BCUT2D eigenvalue weighted by molar-refractivity contribution is 0.287. The topological polar surface area (TPSA) is 46.0 Å². The maximum absolute atomic E-state index is 5.35. The molecule has 5 heteroatoms. The van der Waals surface area contributed by atoms with E-state index in [1.54, 1.807) is 0 Å². The lowest BCUT2D eigenvalue weighted by Gasteiger charge is -2.18. The molecule has 0 aromatic carbocycles. The zero-order valence-electron chi connectivity index (χ0n) is 11.4. The lowest BCUT2D eigenvalue weighted by atomic mass is 10.4. The highest BCUT2D eigenvalue weighted by Gasteiger charge is 2.04. The van der Waals surface area contributed by atoms with Crippen LogP contribution in [-0.4, -0.2) is 46.1 Å². The largest absolute Gasteiger partial charge is 0.311 e. The molecule has 0 fully saturated rings. The molecule has 5 nitrogen and oxygen atoms in total. The Morgan fingerprint density at radius 2 is 2.28 bits per heavy atom. The molecule has 0 radical (unpaired) electrons. The Morgan fingerprint density at radius 3 is 2.94 bits per heavy atom. The molecule has 1 N–H and O–H groups in total. The second-order valence-corrected chi connectivity index (χ2v) is 4.23. The van der Waals surface area contributed by atoms with Crippen molar-refractivity contribution in [2.24, 2.45) is 0 Å². The van der Waals surface area contributed by atoms with Crippen LogP contribution in [0.3, 0.4) is 0 Å². The van der Waals surface area contributed by atoms with Gasteiger partial charge in [0.1, 0.15) is 0 Å². The lowest BCUT2D eigenvalue weighted by Crippen LogP contribution is -2.29. The Kier molecular flexibility index (Phi) is 7.07. The molecule has 18 heavy (non-hydrogen) atoms. The predicted molar refractivity (Wildman–Crippen MR) is 73.0 cm³/mol. The van der Waals surface area contributed by atoms with Crippen molar-refractivity contribution in [3.05, 3.63) is 11.9 Å². The Hall–Kier alpha value is -1.38. The van der Waals surface area contributed by atoms with Gasteiger partial charge in [-0.05, 0) is 19.5 Å². The van der Waals surface area contributed by atoms with Gasteiger partial charge in [-0.3, -0.25) is 9.58 Å². The Balaban J connectivity index is 2.37. The molecule has 0 aliphatic rings. The van der Waals surface area contributed by atoms with Gasteiger partial charge in [0.2, 0.25) is 0 Å². The van der Waals surface area contributed by atoms with Gasteiger partial charge < -0.3 is 5.32 Å². The molecule has 0 unspecified atom stereocenters. The number of terminal acetylenes is 1. The van der Waals surface area contributed by atoms with Crippen LogP contribution >= 0.6 is 0 Å². The molecule has 1 heterocycles. The molecule has 0 saturated heterocycles. The van der Waals surface area contributed by atoms with Crippen LogP contribution in [0, 0.1) is 12.3 Å². The van der Waals surface area contributed by atoms with E-state index in [2.05, 4.69) is 40.3 Å². The minimum Gasteiger partial charge on any atom is -0.311 e. The summed E-state index contributed by atoms with van der Waals surface area (Å²) in [5.74, 6) is 2.69. The predicted octanol–water partition coefficient (Wildman–Crippen LogP) is 0.733. The highest BCUT2D eigenvalue weighted by Crippen LogP contribution is 1.96. The summed E-state index contributed by atoms with van der Waals surface area (Å²) in [5.41, 5.74) is 0.982. The van der Waals surface area contributed by atoms with Crippen LogP contribution in [0.25, 0.3) is 0 Å². The maximum Gasteiger partial charge on any atom is 0.0964 e. The van der Waals surface area contributed by atoms with Gasteiger partial charge >= 0.3 is 0 Å². The third kappa shape index (κ3) is 5.30. The zero-order valence-corrected chi connectivity index (χ0v) is 11.4. The average molecular weight is 249 g/mol. The number of aromatic nitrogens is 3. The first-order valence-corrected chi connectivity index (χ1v) is 6.55. The minimum atomic E-state index is 0.701. The van der Waals surface area contributed by atoms with Crippen molar-refractivity contribution in [1.82, 2.24) is 25.2 Å². The fraction of sp³-hybridized carbons (Fsp3) is 0.692. The van der Waals surface area contributed by atoms with Crippen LogP contribution in [0.5, 0.6) is 0 Å². The van der Waals surface area contributed by atoms with Crippen molar-refractivity contribution in [2.75, 3.05) is 26.2 Å². The van der Waals surface area contributed by atoms with Crippen molar-refractivity contribution >= 4 is 0 Å². The molecule has 1 aromatic rings. The first-order chi connectivity index (χ1) is 8.80. The van der Waals surface area contributed by atoms with Crippen molar-refractivity contribution in [2.45, 2.75) is 33.4 Å². The number of nitrogens with zero attached hydrogens (tertiary/aromatic N) is 4. The number of hydrogen-bond acceptors (Lipinski definition) is 4. The molecule has 0 bridgehead atoms. The molecule has 100 valence electrons. The molecule has 0 aliphatic carbocycles. The molecule has 0 aliphatic heterocycles. The van der Waals surface area contributed by atoms with E-state index in [1.807, 2.05) is 10.9 Å².